The summed E-state index contributed by atoms with van der Waals surface area (Å²) in [6, 6.07) is 3.32. The standard InChI is InChI=1S/C14H20BrClFOSi/c1-14(2,19(3)4)9-18-8-7-10-11(15)5-6-12(16)13(10)17/h5-6H,7-9H2,1-4H3. The quantitative estimate of drug-likeness (QED) is 0.375. The van der Waals surface area contributed by atoms with Crippen LogP contribution in [0.15, 0.2) is 16.6 Å². The molecule has 0 unspecified atom stereocenters. The summed E-state index contributed by atoms with van der Waals surface area (Å²) in [5.74, 6) is -0.352. The van der Waals surface area contributed by atoms with Crippen molar-refractivity contribution in [2.45, 2.75) is 38.4 Å². The summed E-state index contributed by atoms with van der Waals surface area (Å²) in [6.45, 7) is 10.2. The van der Waals surface area contributed by atoms with E-state index >= 15 is 0 Å². The lowest BCUT2D eigenvalue weighted by Crippen LogP contribution is -2.26. The van der Waals surface area contributed by atoms with E-state index in [1.54, 1.807) is 12.1 Å². The molecule has 1 radical (unpaired) electrons. The zero-order valence-corrected chi connectivity index (χ0v) is 15.2. The first-order valence-corrected chi connectivity index (χ1v) is 9.93. The summed E-state index contributed by atoms with van der Waals surface area (Å²) < 4.78 is 20.3. The van der Waals surface area contributed by atoms with Gasteiger partial charge in [0.2, 0.25) is 0 Å². The third kappa shape index (κ3) is 4.85. The molecule has 5 heteroatoms. The number of benzene rings is 1. The van der Waals surface area contributed by atoms with Gasteiger partial charge in [0, 0.05) is 16.6 Å². The zero-order chi connectivity index (χ0) is 14.6. The third-order valence-electron chi connectivity index (χ3n) is 3.45. The van der Waals surface area contributed by atoms with Gasteiger partial charge >= 0.3 is 0 Å². The average Bonchev–Trinajstić information content (AvgIpc) is 2.33. The molecular formula is C14H20BrClFOSi. The first kappa shape index (κ1) is 17.1. The molecule has 107 valence electrons. The van der Waals surface area contributed by atoms with Crippen LogP contribution in [0, 0.1) is 5.82 Å². The monoisotopic (exact) mass is 365 g/mol. The lowest BCUT2D eigenvalue weighted by Gasteiger charge is -2.27. The van der Waals surface area contributed by atoms with Crippen LogP contribution >= 0.6 is 27.5 Å². The van der Waals surface area contributed by atoms with E-state index in [1.807, 2.05) is 0 Å². The van der Waals surface area contributed by atoms with E-state index in [0.717, 1.165) is 4.47 Å². The smallest absolute Gasteiger partial charge is 0.146 e. The van der Waals surface area contributed by atoms with Crippen molar-refractivity contribution in [1.29, 1.82) is 0 Å². The van der Waals surface area contributed by atoms with Gasteiger partial charge in [0.1, 0.15) is 5.82 Å². The fourth-order valence-electron chi connectivity index (χ4n) is 1.44. The van der Waals surface area contributed by atoms with Gasteiger partial charge in [0.25, 0.3) is 0 Å². The van der Waals surface area contributed by atoms with E-state index in [1.165, 1.54) is 0 Å². The Labute approximate surface area is 130 Å². The molecule has 0 saturated heterocycles. The van der Waals surface area contributed by atoms with Crippen LogP contribution in [0.3, 0.4) is 0 Å². The molecule has 1 aromatic rings. The van der Waals surface area contributed by atoms with Gasteiger partial charge in [-0.05, 0) is 23.6 Å². The van der Waals surface area contributed by atoms with Crippen LogP contribution in [-0.2, 0) is 11.2 Å². The molecule has 0 aliphatic rings. The molecule has 0 heterocycles. The van der Waals surface area contributed by atoms with Crippen molar-refractivity contribution < 1.29 is 9.13 Å². The fourth-order valence-corrected chi connectivity index (χ4v) is 2.52. The SMILES string of the molecule is C[Si](C)C(C)(C)COCCc1c(Br)ccc(Cl)c1F. The van der Waals surface area contributed by atoms with Gasteiger partial charge in [0.05, 0.1) is 20.4 Å². The van der Waals surface area contributed by atoms with E-state index in [-0.39, 0.29) is 15.9 Å². The molecule has 0 bridgehead atoms. The maximum atomic E-state index is 13.8. The van der Waals surface area contributed by atoms with Gasteiger partial charge in [0.15, 0.2) is 0 Å². The van der Waals surface area contributed by atoms with Crippen LogP contribution in [0.2, 0.25) is 23.2 Å². The van der Waals surface area contributed by atoms with Gasteiger partial charge in [-0.2, -0.15) is 0 Å². The molecule has 1 nitrogen and oxygen atoms in total. The summed E-state index contributed by atoms with van der Waals surface area (Å²) in [6.07, 6.45) is 0.526. The second kappa shape index (κ2) is 7.20. The number of ether oxygens (including phenoxy) is 1. The molecule has 0 aliphatic heterocycles. The van der Waals surface area contributed by atoms with E-state index in [2.05, 4.69) is 42.9 Å². The lowest BCUT2D eigenvalue weighted by molar-refractivity contribution is 0.116. The molecule has 0 aliphatic carbocycles. The van der Waals surface area contributed by atoms with Gasteiger partial charge in [-0.25, -0.2) is 4.39 Å². The Morgan fingerprint density at radius 1 is 1.37 bits per heavy atom. The van der Waals surface area contributed by atoms with Crippen molar-refractivity contribution in [3.63, 3.8) is 0 Å². The van der Waals surface area contributed by atoms with Crippen molar-refractivity contribution >= 4 is 36.3 Å². The Kier molecular flexibility index (Phi) is 6.50. The van der Waals surface area contributed by atoms with Crippen molar-refractivity contribution in [1.82, 2.24) is 0 Å². The maximum Gasteiger partial charge on any atom is 0.146 e. The molecule has 1 aromatic carbocycles. The minimum atomic E-state index is -0.408. The first-order chi connectivity index (χ1) is 8.75. The van der Waals surface area contributed by atoms with Gasteiger partial charge in [-0.1, -0.05) is 54.5 Å². The van der Waals surface area contributed by atoms with Gasteiger partial charge in [-0.3, -0.25) is 0 Å². The minimum absolute atomic E-state index is 0.158. The van der Waals surface area contributed by atoms with Crippen LogP contribution in [0.5, 0.6) is 0 Å². The molecule has 0 N–H and O–H groups in total. The van der Waals surface area contributed by atoms with Crippen LogP contribution in [-0.4, -0.2) is 22.0 Å². The second-order valence-corrected chi connectivity index (χ2v) is 10.1. The molecule has 0 atom stereocenters. The van der Waals surface area contributed by atoms with Crippen molar-refractivity contribution in [2.75, 3.05) is 13.2 Å². The molecule has 0 aromatic heterocycles. The fraction of sp³-hybridized carbons (Fsp3) is 0.571. The highest BCUT2D eigenvalue weighted by atomic mass is 79.9. The molecule has 0 saturated carbocycles. The summed E-state index contributed by atoms with van der Waals surface area (Å²) in [4.78, 5) is 0. The largest absolute Gasteiger partial charge is 0.381 e. The number of halogens is 3. The van der Waals surface area contributed by atoms with Crippen LogP contribution in [0.25, 0.3) is 0 Å². The van der Waals surface area contributed by atoms with Crippen LogP contribution < -0.4 is 0 Å². The van der Waals surface area contributed by atoms with Crippen molar-refractivity contribution in [3.05, 3.63) is 33.0 Å². The Hall–Kier alpha value is 0.0969. The van der Waals surface area contributed by atoms with E-state index in [9.17, 15) is 4.39 Å². The Morgan fingerprint density at radius 3 is 2.58 bits per heavy atom. The third-order valence-corrected chi connectivity index (χ3v) is 7.34. The molecule has 0 spiro atoms. The highest BCUT2D eigenvalue weighted by Gasteiger charge is 2.23. The summed E-state index contributed by atoms with van der Waals surface area (Å²) in [5, 5.41) is 0.389. The second-order valence-electron chi connectivity index (χ2n) is 5.51. The number of rotatable bonds is 6. The number of hydrogen-bond donors (Lipinski definition) is 0. The van der Waals surface area contributed by atoms with Gasteiger partial charge < -0.3 is 4.74 Å². The van der Waals surface area contributed by atoms with Crippen molar-refractivity contribution in [3.8, 4) is 0 Å². The Morgan fingerprint density at radius 2 is 2.00 bits per heavy atom. The van der Waals surface area contributed by atoms with Crippen LogP contribution in [0.1, 0.15) is 19.4 Å². The molecular weight excluding hydrogens is 347 g/mol. The molecule has 1 rings (SSSR count). The number of hydrogen-bond acceptors (Lipinski definition) is 1. The zero-order valence-electron chi connectivity index (χ0n) is 11.8. The summed E-state index contributed by atoms with van der Waals surface area (Å²) in [7, 11) is -0.408. The van der Waals surface area contributed by atoms with Crippen molar-refractivity contribution in [2.24, 2.45) is 0 Å². The first-order valence-electron chi connectivity index (χ1n) is 6.26. The molecule has 0 fully saturated rings. The predicted octanol–water partition coefficient (Wildman–Crippen LogP) is 5.34. The topological polar surface area (TPSA) is 9.23 Å². The Balaban J connectivity index is 2.53. The van der Waals surface area contributed by atoms with E-state index in [4.69, 9.17) is 16.3 Å². The summed E-state index contributed by atoms with van der Waals surface area (Å²) >= 11 is 9.13. The summed E-state index contributed by atoms with van der Waals surface area (Å²) in [5.41, 5.74) is 0.587. The van der Waals surface area contributed by atoms with Gasteiger partial charge in [-0.15, -0.1) is 0 Å². The average molecular weight is 367 g/mol. The molecule has 19 heavy (non-hydrogen) atoms. The highest BCUT2D eigenvalue weighted by molar-refractivity contribution is 9.10. The normalized spacial score (nSPS) is 12.2. The van der Waals surface area contributed by atoms with E-state index in [0.29, 0.717) is 25.2 Å². The predicted molar refractivity (Wildman–Crippen MR) is 85.2 cm³/mol. The molecule has 0 amide bonds. The van der Waals surface area contributed by atoms with Crippen LogP contribution in [0.4, 0.5) is 4.39 Å². The highest BCUT2D eigenvalue weighted by Crippen LogP contribution is 2.29. The lowest BCUT2D eigenvalue weighted by atomic mass is 10.1. The Bertz CT molecular complexity index is 438. The van der Waals surface area contributed by atoms with E-state index < -0.39 is 8.80 Å². The maximum absolute atomic E-state index is 13.8. The minimum Gasteiger partial charge on any atom is -0.381 e.